The Labute approximate surface area is 193 Å². The van der Waals surface area contributed by atoms with Gasteiger partial charge in [-0.2, -0.15) is 4.72 Å². The molecule has 0 fully saturated rings. The predicted octanol–water partition coefficient (Wildman–Crippen LogP) is 4.25. The van der Waals surface area contributed by atoms with Crippen LogP contribution in [0.15, 0.2) is 82.6 Å². The molecule has 1 atom stereocenters. The van der Waals surface area contributed by atoms with Crippen LogP contribution in [0.25, 0.3) is 0 Å². The fourth-order valence-electron chi connectivity index (χ4n) is 3.25. The molecule has 0 aliphatic heterocycles. The van der Waals surface area contributed by atoms with E-state index in [0.29, 0.717) is 5.69 Å². The summed E-state index contributed by atoms with van der Waals surface area (Å²) in [5.41, 5.74) is 2.24. The van der Waals surface area contributed by atoms with E-state index in [-0.39, 0.29) is 17.1 Å². The minimum Gasteiger partial charge on any atom is -0.495 e. The number of benzene rings is 3. The van der Waals surface area contributed by atoms with Gasteiger partial charge in [-0.1, -0.05) is 48.5 Å². The number of hydrogen-bond donors (Lipinski definition) is 2. The van der Waals surface area contributed by atoms with Crippen LogP contribution in [0.5, 0.6) is 5.75 Å². The standard InChI is InChI=1S/C24H26N2O4S2/c1-17-13-14-21(30-2)23(15-17)32(28,29)26-20(16-18-9-5-4-6-10-18)24(27)25-19-11-7-8-12-22(19)31-3/h4-15,20,26H,16H2,1-3H3,(H,25,27). The molecule has 0 aliphatic rings. The highest BCUT2D eigenvalue weighted by atomic mass is 32.2. The maximum Gasteiger partial charge on any atom is 0.245 e. The molecule has 3 aromatic rings. The Morgan fingerprint density at radius 2 is 1.72 bits per heavy atom. The van der Waals surface area contributed by atoms with Crippen molar-refractivity contribution in [1.82, 2.24) is 4.72 Å². The lowest BCUT2D eigenvalue weighted by atomic mass is 10.1. The second kappa shape index (κ2) is 10.7. The van der Waals surface area contributed by atoms with Gasteiger partial charge in [0, 0.05) is 4.90 Å². The number of hydrogen-bond acceptors (Lipinski definition) is 5. The largest absolute Gasteiger partial charge is 0.495 e. The molecule has 0 radical (unpaired) electrons. The number of thioether (sulfide) groups is 1. The zero-order valence-electron chi connectivity index (χ0n) is 18.2. The quantitative estimate of drug-likeness (QED) is 0.457. The van der Waals surface area contributed by atoms with Gasteiger partial charge < -0.3 is 10.1 Å². The minimum absolute atomic E-state index is 0.00428. The summed E-state index contributed by atoms with van der Waals surface area (Å²) in [6.45, 7) is 1.80. The number of anilines is 1. The van der Waals surface area contributed by atoms with Crippen molar-refractivity contribution in [3.63, 3.8) is 0 Å². The Bertz CT molecular complexity index is 1180. The van der Waals surface area contributed by atoms with Crippen LogP contribution >= 0.6 is 11.8 Å². The zero-order valence-corrected chi connectivity index (χ0v) is 19.8. The lowest BCUT2D eigenvalue weighted by Crippen LogP contribution is -2.45. The molecule has 2 N–H and O–H groups in total. The molecule has 168 valence electrons. The first kappa shape index (κ1) is 23.8. The van der Waals surface area contributed by atoms with Gasteiger partial charge in [0.2, 0.25) is 15.9 Å². The summed E-state index contributed by atoms with van der Waals surface area (Å²) in [5.74, 6) is -0.222. The summed E-state index contributed by atoms with van der Waals surface area (Å²) < 4.78 is 34.4. The van der Waals surface area contributed by atoms with Crippen LogP contribution in [-0.4, -0.2) is 33.7 Å². The van der Waals surface area contributed by atoms with E-state index in [1.807, 2.05) is 54.8 Å². The Morgan fingerprint density at radius 1 is 1.03 bits per heavy atom. The summed E-state index contributed by atoms with van der Waals surface area (Å²) in [5, 5.41) is 2.88. The predicted molar refractivity (Wildman–Crippen MR) is 129 cm³/mol. The van der Waals surface area contributed by atoms with Gasteiger partial charge in [-0.3, -0.25) is 4.79 Å². The van der Waals surface area contributed by atoms with Gasteiger partial charge in [0.25, 0.3) is 0 Å². The lowest BCUT2D eigenvalue weighted by molar-refractivity contribution is -0.117. The van der Waals surface area contributed by atoms with Crippen molar-refractivity contribution < 1.29 is 17.9 Å². The maximum atomic E-state index is 13.3. The van der Waals surface area contributed by atoms with Crippen molar-refractivity contribution in [2.45, 2.75) is 29.2 Å². The number of carbonyl (C=O) groups is 1. The summed E-state index contributed by atoms with van der Waals surface area (Å²) >= 11 is 1.50. The second-order valence-corrected chi connectivity index (χ2v) is 9.74. The molecular weight excluding hydrogens is 444 g/mol. The molecule has 0 saturated carbocycles. The molecule has 0 saturated heterocycles. The number of ether oxygens (including phenoxy) is 1. The second-order valence-electron chi connectivity index (χ2n) is 7.21. The molecule has 32 heavy (non-hydrogen) atoms. The molecule has 1 unspecified atom stereocenters. The maximum absolute atomic E-state index is 13.3. The Balaban J connectivity index is 1.94. The summed E-state index contributed by atoms with van der Waals surface area (Å²) in [6.07, 6.45) is 2.11. The van der Waals surface area contributed by atoms with Gasteiger partial charge in [-0.15, -0.1) is 11.8 Å². The van der Waals surface area contributed by atoms with Crippen molar-refractivity contribution >= 4 is 33.4 Å². The molecule has 1 amide bonds. The molecule has 8 heteroatoms. The van der Waals surface area contributed by atoms with Crippen LogP contribution in [0, 0.1) is 6.92 Å². The first-order valence-corrected chi connectivity index (χ1v) is 12.7. The van der Waals surface area contributed by atoms with Gasteiger partial charge >= 0.3 is 0 Å². The lowest BCUT2D eigenvalue weighted by Gasteiger charge is -2.20. The van der Waals surface area contributed by atoms with Crippen LogP contribution < -0.4 is 14.8 Å². The zero-order chi connectivity index (χ0) is 23.1. The number of nitrogens with one attached hydrogen (secondary N) is 2. The molecule has 0 heterocycles. The molecule has 0 aliphatic carbocycles. The highest BCUT2D eigenvalue weighted by molar-refractivity contribution is 7.98. The number of carbonyl (C=O) groups excluding carboxylic acids is 1. The van der Waals surface area contributed by atoms with Gasteiger partial charge in [0.05, 0.1) is 12.8 Å². The van der Waals surface area contributed by atoms with E-state index in [0.717, 1.165) is 16.0 Å². The molecule has 6 nitrogen and oxygen atoms in total. The average Bonchev–Trinajstić information content (AvgIpc) is 2.79. The Morgan fingerprint density at radius 3 is 2.41 bits per heavy atom. The SMILES string of the molecule is COc1ccc(C)cc1S(=O)(=O)NC(Cc1ccccc1)C(=O)Nc1ccccc1SC. The van der Waals surface area contributed by atoms with E-state index in [2.05, 4.69) is 10.0 Å². The highest BCUT2D eigenvalue weighted by Gasteiger charge is 2.28. The summed E-state index contributed by atoms with van der Waals surface area (Å²) in [6, 6.07) is 20.6. The third-order valence-corrected chi connectivity index (χ3v) is 7.16. The molecule has 0 aromatic heterocycles. The van der Waals surface area contributed by atoms with Crippen LogP contribution in [0.3, 0.4) is 0 Å². The smallest absolute Gasteiger partial charge is 0.245 e. The molecule has 3 aromatic carbocycles. The van der Waals surface area contributed by atoms with Crippen LogP contribution in [0.4, 0.5) is 5.69 Å². The van der Waals surface area contributed by atoms with Crippen LogP contribution in [0.2, 0.25) is 0 Å². The van der Waals surface area contributed by atoms with Crippen LogP contribution in [-0.2, 0) is 21.2 Å². The number of sulfonamides is 1. The van der Waals surface area contributed by atoms with E-state index in [1.54, 1.807) is 25.1 Å². The normalized spacial score (nSPS) is 12.2. The van der Waals surface area contributed by atoms with Gasteiger partial charge in [-0.25, -0.2) is 8.42 Å². The van der Waals surface area contributed by atoms with Crippen molar-refractivity contribution in [2.24, 2.45) is 0 Å². The summed E-state index contributed by atoms with van der Waals surface area (Å²) in [4.78, 5) is 14.1. The van der Waals surface area contributed by atoms with Crippen molar-refractivity contribution in [3.8, 4) is 5.75 Å². The monoisotopic (exact) mass is 470 g/mol. The van der Waals surface area contributed by atoms with Crippen LogP contribution in [0.1, 0.15) is 11.1 Å². The molecule has 0 spiro atoms. The fourth-order valence-corrected chi connectivity index (χ4v) is 5.25. The van der Waals surface area contributed by atoms with Gasteiger partial charge in [-0.05, 0) is 55.0 Å². The minimum atomic E-state index is -4.04. The van der Waals surface area contributed by atoms with Gasteiger partial charge in [0.1, 0.15) is 16.7 Å². The third-order valence-electron chi connectivity index (χ3n) is 4.87. The third kappa shape index (κ3) is 5.91. The first-order chi connectivity index (χ1) is 15.3. The van der Waals surface area contributed by atoms with Crippen molar-refractivity contribution in [1.29, 1.82) is 0 Å². The van der Waals surface area contributed by atoms with E-state index in [9.17, 15) is 13.2 Å². The van der Waals surface area contributed by atoms with Crippen molar-refractivity contribution in [3.05, 3.63) is 83.9 Å². The van der Waals surface area contributed by atoms with E-state index in [1.165, 1.54) is 24.9 Å². The molecular formula is C24H26N2O4S2. The van der Waals surface area contributed by atoms with E-state index < -0.39 is 22.0 Å². The molecule has 3 rings (SSSR count). The Kier molecular flexibility index (Phi) is 7.95. The van der Waals surface area contributed by atoms with E-state index >= 15 is 0 Å². The first-order valence-electron chi connectivity index (χ1n) is 9.99. The van der Waals surface area contributed by atoms with Gasteiger partial charge in [0.15, 0.2) is 0 Å². The number of aryl methyl sites for hydroxylation is 1. The highest BCUT2D eigenvalue weighted by Crippen LogP contribution is 2.27. The number of methoxy groups -OCH3 is 1. The Hall–Kier alpha value is -2.81. The van der Waals surface area contributed by atoms with E-state index in [4.69, 9.17) is 4.74 Å². The number of amides is 1. The average molecular weight is 471 g/mol. The summed E-state index contributed by atoms with van der Waals surface area (Å²) in [7, 11) is -2.62. The van der Waals surface area contributed by atoms with Crippen molar-refractivity contribution in [2.75, 3.05) is 18.7 Å². The number of rotatable bonds is 9. The number of para-hydroxylation sites is 1. The topological polar surface area (TPSA) is 84.5 Å². The molecule has 0 bridgehead atoms. The fraction of sp³-hybridized carbons (Fsp3) is 0.208.